The van der Waals surface area contributed by atoms with Gasteiger partial charge >= 0.3 is 0 Å². The summed E-state index contributed by atoms with van der Waals surface area (Å²) in [4.78, 5) is 2.46. The molecule has 3 heterocycles. The van der Waals surface area contributed by atoms with Crippen LogP contribution in [0.3, 0.4) is 0 Å². The molecule has 0 saturated heterocycles. The molecule has 3 heteroatoms. The number of likely N-dealkylation sites (N-methyl/N-ethyl adjacent to an activating group) is 1. The molecule has 0 spiro atoms. The van der Waals surface area contributed by atoms with Crippen LogP contribution in [-0.4, -0.2) is 24.1 Å². The molecule has 0 N–H and O–H groups in total. The van der Waals surface area contributed by atoms with Gasteiger partial charge in [0, 0.05) is 19.4 Å². The second-order valence-corrected chi connectivity index (χ2v) is 5.02. The van der Waals surface area contributed by atoms with E-state index < -0.39 is 0 Å². The van der Waals surface area contributed by atoms with Gasteiger partial charge in [0.15, 0.2) is 0 Å². The molecule has 2 atom stereocenters. The number of amidine groups is 1. The minimum atomic E-state index is 0.423. The predicted octanol–water partition coefficient (Wildman–Crippen LogP) is 2.14. The maximum atomic E-state index is 4.66. The molecule has 0 saturated carbocycles. The molecule has 0 bridgehead atoms. The topological polar surface area (TPSA) is 18.8 Å². The molecule has 0 fully saturated rings. The molecule has 3 aliphatic rings. The van der Waals surface area contributed by atoms with E-state index >= 15 is 0 Å². The Labute approximate surface area is 95.4 Å². The maximum absolute atomic E-state index is 4.66. The fourth-order valence-corrected chi connectivity index (χ4v) is 3.47. The van der Waals surface area contributed by atoms with Crippen molar-refractivity contribution in [1.82, 2.24) is 5.01 Å². The Morgan fingerprint density at radius 3 is 3.06 bits per heavy atom. The van der Waals surface area contributed by atoms with Crippen molar-refractivity contribution < 1.29 is 0 Å². The average molecular weight is 213 g/mol. The van der Waals surface area contributed by atoms with Crippen molar-refractivity contribution in [3.63, 3.8) is 0 Å². The van der Waals surface area contributed by atoms with Crippen LogP contribution in [-0.2, 0) is 6.42 Å². The highest BCUT2D eigenvalue weighted by molar-refractivity contribution is 6.04. The Hall–Kier alpha value is -1.51. The van der Waals surface area contributed by atoms with Crippen LogP contribution in [0.5, 0.6) is 0 Å². The minimum absolute atomic E-state index is 0.423. The normalized spacial score (nSPS) is 29.5. The number of rotatable bonds is 0. The number of hydrogen-bond donors (Lipinski definition) is 0. The highest BCUT2D eigenvalue weighted by atomic mass is 15.6. The monoisotopic (exact) mass is 213 g/mol. The molecule has 2 unspecified atom stereocenters. The third-order valence-corrected chi connectivity index (χ3v) is 4.15. The van der Waals surface area contributed by atoms with Gasteiger partial charge in [0.2, 0.25) is 0 Å². The zero-order valence-corrected chi connectivity index (χ0v) is 9.64. The van der Waals surface area contributed by atoms with E-state index in [1.165, 1.54) is 22.6 Å². The van der Waals surface area contributed by atoms with E-state index in [0.29, 0.717) is 12.1 Å². The van der Waals surface area contributed by atoms with Crippen molar-refractivity contribution in [3.8, 4) is 0 Å². The number of para-hydroxylation sites is 1. The molecule has 0 aromatic heterocycles. The maximum Gasteiger partial charge on any atom is 0.131 e. The summed E-state index contributed by atoms with van der Waals surface area (Å²) < 4.78 is 0. The van der Waals surface area contributed by atoms with Gasteiger partial charge in [-0.2, -0.15) is 5.10 Å². The quantitative estimate of drug-likeness (QED) is 0.657. The average Bonchev–Trinajstić information content (AvgIpc) is 2.77. The highest BCUT2D eigenvalue weighted by Gasteiger charge is 2.46. The third-order valence-electron chi connectivity index (χ3n) is 4.15. The molecule has 4 rings (SSSR count). The summed E-state index contributed by atoms with van der Waals surface area (Å²) >= 11 is 0. The van der Waals surface area contributed by atoms with Crippen LogP contribution in [0.4, 0.5) is 5.69 Å². The molecule has 16 heavy (non-hydrogen) atoms. The molecule has 3 aliphatic heterocycles. The second kappa shape index (κ2) is 2.59. The van der Waals surface area contributed by atoms with E-state index in [4.69, 9.17) is 0 Å². The van der Waals surface area contributed by atoms with Crippen LogP contribution in [0, 0.1) is 0 Å². The van der Waals surface area contributed by atoms with Gasteiger partial charge in [-0.1, -0.05) is 25.1 Å². The standard InChI is InChI=1S/C13H15N3/c1-8-10-5-3-4-9-6-7-11-14-15(2)13(8)16(11)12(9)10/h3-5,8,13H,6-7H2,1-2H3. The first-order valence-corrected chi connectivity index (χ1v) is 5.98. The fraction of sp³-hybridized carbons (Fsp3) is 0.462. The zero-order valence-electron chi connectivity index (χ0n) is 9.64. The molecule has 3 nitrogen and oxygen atoms in total. The summed E-state index contributed by atoms with van der Waals surface area (Å²) in [6.07, 6.45) is 2.65. The van der Waals surface area contributed by atoms with E-state index in [0.717, 1.165) is 12.8 Å². The Balaban J connectivity index is 2.02. The number of hydrazone groups is 1. The smallest absolute Gasteiger partial charge is 0.131 e. The fourth-order valence-electron chi connectivity index (χ4n) is 3.47. The van der Waals surface area contributed by atoms with Crippen LogP contribution in [0.25, 0.3) is 0 Å². The summed E-state index contributed by atoms with van der Waals surface area (Å²) in [6.45, 7) is 2.31. The minimum Gasteiger partial charge on any atom is -0.305 e. The Kier molecular flexibility index (Phi) is 1.40. The first-order chi connectivity index (χ1) is 7.77. The van der Waals surface area contributed by atoms with E-state index in [9.17, 15) is 0 Å². The second-order valence-electron chi connectivity index (χ2n) is 5.02. The van der Waals surface area contributed by atoms with Crippen LogP contribution in [0.2, 0.25) is 0 Å². The Bertz CT molecular complexity index is 506. The largest absolute Gasteiger partial charge is 0.305 e. The van der Waals surface area contributed by atoms with Gasteiger partial charge in [-0.15, -0.1) is 0 Å². The summed E-state index contributed by atoms with van der Waals surface area (Å²) in [7, 11) is 2.10. The van der Waals surface area contributed by atoms with Crippen molar-refractivity contribution in [1.29, 1.82) is 0 Å². The number of anilines is 1. The molecular weight excluding hydrogens is 198 g/mol. The first-order valence-electron chi connectivity index (χ1n) is 5.98. The molecule has 0 radical (unpaired) electrons. The van der Waals surface area contributed by atoms with Gasteiger partial charge in [0.05, 0.1) is 5.69 Å². The van der Waals surface area contributed by atoms with Crippen molar-refractivity contribution in [3.05, 3.63) is 29.3 Å². The lowest BCUT2D eigenvalue weighted by Gasteiger charge is -2.29. The van der Waals surface area contributed by atoms with Gasteiger partial charge in [0.25, 0.3) is 0 Å². The third kappa shape index (κ3) is 0.797. The Morgan fingerprint density at radius 1 is 1.31 bits per heavy atom. The number of hydrogen-bond acceptors (Lipinski definition) is 3. The lowest BCUT2D eigenvalue weighted by molar-refractivity contribution is 0.266. The number of nitrogens with zero attached hydrogens (tertiary/aromatic N) is 3. The van der Waals surface area contributed by atoms with E-state index in [1.807, 2.05) is 0 Å². The molecule has 0 aliphatic carbocycles. The summed E-state index contributed by atoms with van der Waals surface area (Å²) in [5.41, 5.74) is 4.46. The summed E-state index contributed by atoms with van der Waals surface area (Å²) in [5.74, 6) is 1.82. The Morgan fingerprint density at radius 2 is 2.19 bits per heavy atom. The summed E-state index contributed by atoms with van der Waals surface area (Å²) in [5, 5.41) is 6.80. The molecule has 1 aromatic rings. The lowest BCUT2D eigenvalue weighted by Crippen LogP contribution is -2.41. The number of benzene rings is 1. The lowest BCUT2D eigenvalue weighted by atomic mass is 9.96. The van der Waals surface area contributed by atoms with Gasteiger partial charge < -0.3 is 4.90 Å². The molecule has 1 aromatic carbocycles. The zero-order chi connectivity index (χ0) is 10.9. The van der Waals surface area contributed by atoms with Crippen LogP contribution >= 0.6 is 0 Å². The van der Waals surface area contributed by atoms with Gasteiger partial charge in [-0.3, -0.25) is 5.01 Å². The van der Waals surface area contributed by atoms with Gasteiger partial charge in [0.1, 0.15) is 12.0 Å². The van der Waals surface area contributed by atoms with Gasteiger partial charge in [-0.25, -0.2) is 0 Å². The molecule has 0 amide bonds. The highest BCUT2D eigenvalue weighted by Crippen LogP contribution is 2.48. The van der Waals surface area contributed by atoms with E-state index in [-0.39, 0.29) is 0 Å². The molecular formula is C13H15N3. The van der Waals surface area contributed by atoms with E-state index in [1.54, 1.807) is 0 Å². The van der Waals surface area contributed by atoms with E-state index in [2.05, 4.69) is 47.2 Å². The van der Waals surface area contributed by atoms with Gasteiger partial charge in [-0.05, 0) is 17.5 Å². The van der Waals surface area contributed by atoms with Crippen molar-refractivity contribution in [2.24, 2.45) is 5.10 Å². The first kappa shape index (κ1) is 8.62. The number of aryl methyl sites for hydroxylation is 1. The van der Waals surface area contributed by atoms with Crippen LogP contribution < -0.4 is 4.90 Å². The predicted molar refractivity (Wildman–Crippen MR) is 64.6 cm³/mol. The van der Waals surface area contributed by atoms with Crippen molar-refractivity contribution in [2.45, 2.75) is 31.8 Å². The van der Waals surface area contributed by atoms with Crippen LogP contribution in [0.1, 0.15) is 30.4 Å². The van der Waals surface area contributed by atoms with Crippen molar-refractivity contribution >= 4 is 11.5 Å². The molecule has 82 valence electrons. The SMILES string of the molecule is CC1c2cccc3c2N2C(=NN(C)C12)CC3. The summed E-state index contributed by atoms with van der Waals surface area (Å²) in [6, 6.07) is 6.75. The van der Waals surface area contributed by atoms with Crippen LogP contribution in [0.15, 0.2) is 23.3 Å². The van der Waals surface area contributed by atoms with Crippen molar-refractivity contribution in [2.75, 3.05) is 11.9 Å².